The number of hydrogen-bond acceptors (Lipinski definition) is 3. The SMILES string of the molecule is CN(C(=O)CN1C(=O)[C@@H]2C[C@H](Br)[C@@H](Br)C[C@H]2C1=O)C1CCCCC1. The molecule has 3 rings (SSSR count). The van der Waals surface area contributed by atoms with Gasteiger partial charge in [-0.05, 0) is 25.7 Å². The Morgan fingerprint density at radius 2 is 1.54 bits per heavy atom. The van der Waals surface area contributed by atoms with Crippen LogP contribution in [0, 0.1) is 11.8 Å². The van der Waals surface area contributed by atoms with E-state index in [9.17, 15) is 14.4 Å². The second-order valence-corrected chi connectivity index (χ2v) is 9.63. The molecule has 0 spiro atoms. The van der Waals surface area contributed by atoms with Crippen LogP contribution in [0.25, 0.3) is 0 Å². The van der Waals surface area contributed by atoms with E-state index < -0.39 is 0 Å². The van der Waals surface area contributed by atoms with Crippen molar-refractivity contribution in [2.24, 2.45) is 11.8 Å². The number of likely N-dealkylation sites (N-methyl/N-ethyl adjacent to an activating group) is 1. The van der Waals surface area contributed by atoms with Crippen LogP contribution in [0.1, 0.15) is 44.9 Å². The van der Waals surface area contributed by atoms with Gasteiger partial charge in [0.2, 0.25) is 17.7 Å². The molecular weight excluding hydrogens is 440 g/mol. The predicted molar refractivity (Wildman–Crippen MR) is 98.0 cm³/mol. The normalized spacial score (nSPS) is 34.4. The second kappa shape index (κ2) is 7.44. The largest absolute Gasteiger partial charge is 0.341 e. The summed E-state index contributed by atoms with van der Waals surface area (Å²) in [6.45, 7) is -0.0996. The zero-order valence-corrected chi connectivity index (χ0v) is 17.1. The minimum Gasteiger partial charge on any atom is -0.341 e. The number of imide groups is 1. The molecule has 5 nitrogen and oxygen atoms in total. The summed E-state index contributed by atoms with van der Waals surface area (Å²) in [7, 11) is 1.80. The first-order chi connectivity index (χ1) is 11.4. The summed E-state index contributed by atoms with van der Waals surface area (Å²) < 4.78 is 0. The van der Waals surface area contributed by atoms with E-state index in [-0.39, 0.29) is 51.8 Å². The first-order valence-corrected chi connectivity index (χ1v) is 10.6. The van der Waals surface area contributed by atoms with Crippen molar-refractivity contribution in [2.45, 2.75) is 60.6 Å². The number of fused-ring (bicyclic) bond motifs is 1. The number of halogens is 2. The van der Waals surface area contributed by atoms with E-state index in [0.717, 1.165) is 25.7 Å². The Morgan fingerprint density at radius 3 is 2.04 bits per heavy atom. The average molecular weight is 464 g/mol. The Balaban J connectivity index is 1.65. The van der Waals surface area contributed by atoms with Crippen molar-refractivity contribution >= 4 is 49.6 Å². The third-order valence-electron chi connectivity index (χ3n) is 5.81. The molecule has 134 valence electrons. The maximum Gasteiger partial charge on any atom is 0.242 e. The average Bonchev–Trinajstić information content (AvgIpc) is 2.80. The van der Waals surface area contributed by atoms with Crippen molar-refractivity contribution in [3.8, 4) is 0 Å². The van der Waals surface area contributed by atoms with E-state index in [2.05, 4.69) is 31.9 Å². The summed E-state index contributed by atoms with van der Waals surface area (Å²) in [6.07, 6.45) is 6.85. The van der Waals surface area contributed by atoms with Crippen LogP contribution in [-0.4, -0.2) is 56.8 Å². The van der Waals surface area contributed by atoms with Crippen LogP contribution < -0.4 is 0 Å². The minimum atomic E-state index is -0.275. The van der Waals surface area contributed by atoms with Crippen LogP contribution in [-0.2, 0) is 14.4 Å². The van der Waals surface area contributed by atoms with Crippen LogP contribution >= 0.6 is 31.9 Å². The molecule has 3 amide bonds. The lowest BCUT2D eigenvalue weighted by Gasteiger charge is -2.32. The highest BCUT2D eigenvalue weighted by Crippen LogP contribution is 2.43. The summed E-state index contributed by atoms with van der Waals surface area (Å²) in [4.78, 5) is 41.2. The molecule has 1 heterocycles. The highest BCUT2D eigenvalue weighted by molar-refractivity contribution is 9.12. The van der Waals surface area contributed by atoms with E-state index in [1.165, 1.54) is 11.3 Å². The van der Waals surface area contributed by atoms with Crippen LogP contribution in [0.2, 0.25) is 0 Å². The van der Waals surface area contributed by atoms with Crippen LogP contribution in [0.4, 0.5) is 0 Å². The molecule has 0 N–H and O–H groups in total. The Kier molecular flexibility index (Phi) is 5.69. The number of hydrogen-bond donors (Lipinski definition) is 0. The Bertz CT molecular complexity index is 508. The van der Waals surface area contributed by atoms with Crippen LogP contribution in [0.3, 0.4) is 0 Å². The van der Waals surface area contributed by atoms with Gasteiger partial charge >= 0.3 is 0 Å². The molecule has 0 aromatic rings. The summed E-state index contributed by atoms with van der Waals surface area (Å²) in [5.41, 5.74) is 0. The van der Waals surface area contributed by atoms with Gasteiger partial charge < -0.3 is 4.90 Å². The van der Waals surface area contributed by atoms with Crippen LogP contribution in [0.5, 0.6) is 0 Å². The minimum absolute atomic E-state index is 0.0996. The molecule has 0 aromatic carbocycles. The van der Waals surface area contributed by atoms with Gasteiger partial charge in [0.1, 0.15) is 6.54 Å². The van der Waals surface area contributed by atoms with Crippen molar-refractivity contribution < 1.29 is 14.4 Å². The number of rotatable bonds is 3. The van der Waals surface area contributed by atoms with Crippen molar-refractivity contribution in [3.63, 3.8) is 0 Å². The number of alkyl halides is 2. The molecular formula is C17H24Br2N2O3. The molecule has 0 unspecified atom stereocenters. The lowest BCUT2D eigenvalue weighted by molar-refractivity contribution is -0.147. The first kappa shape index (κ1) is 18.4. The standard InChI is InChI=1S/C17H24Br2N2O3/c1-20(10-5-3-2-4-6-10)15(22)9-21-16(23)11-7-13(18)14(19)8-12(11)17(21)24/h10-14H,2-9H2,1H3/t11-,12-,13+,14+/m1/s1. The van der Waals surface area contributed by atoms with Gasteiger partial charge in [-0.1, -0.05) is 51.1 Å². The van der Waals surface area contributed by atoms with Crippen molar-refractivity contribution in [2.75, 3.05) is 13.6 Å². The summed E-state index contributed by atoms with van der Waals surface area (Å²) in [5.74, 6) is -1.00. The van der Waals surface area contributed by atoms with Gasteiger partial charge in [0, 0.05) is 22.7 Å². The Hall–Kier alpha value is -0.430. The number of likely N-dealkylation sites (tertiary alicyclic amines) is 1. The fourth-order valence-corrected chi connectivity index (χ4v) is 5.48. The second-order valence-electron chi connectivity index (χ2n) is 7.28. The third kappa shape index (κ3) is 3.43. The van der Waals surface area contributed by atoms with Gasteiger partial charge in [-0.3, -0.25) is 19.3 Å². The highest BCUT2D eigenvalue weighted by atomic mass is 79.9. The van der Waals surface area contributed by atoms with Gasteiger partial charge in [-0.25, -0.2) is 0 Å². The number of nitrogens with zero attached hydrogens (tertiary/aromatic N) is 2. The van der Waals surface area contributed by atoms with E-state index >= 15 is 0 Å². The molecule has 1 saturated heterocycles. The molecule has 3 aliphatic rings. The lowest BCUT2D eigenvalue weighted by Crippen LogP contribution is -2.46. The Labute approximate surface area is 159 Å². The van der Waals surface area contributed by atoms with Crippen molar-refractivity contribution in [1.82, 2.24) is 9.80 Å². The molecule has 0 aromatic heterocycles. The Morgan fingerprint density at radius 1 is 1.04 bits per heavy atom. The highest BCUT2D eigenvalue weighted by Gasteiger charge is 2.52. The molecule has 0 bridgehead atoms. The maximum absolute atomic E-state index is 12.6. The number of carbonyl (C=O) groups is 3. The van der Waals surface area contributed by atoms with Gasteiger partial charge in [0.05, 0.1) is 11.8 Å². The van der Waals surface area contributed by atoms with Crippen LogP contribution in [0.15, 0.2) is 0 Å². The maximum atomic E-state index is 12.6. The first-order valence-electron chi connectivity index (χ1n) is 8.79. The number of amides is 3. The zero-order valence-electron chi connectivity index (χ0n) is 13.9. The lowest BCUT2D eigenvalue weighted by atomic mass is 9.81. The summed E-state index contributed by atoms with van der Waals surface area (Å²) in [5, 5.41) is 0. The van der Waals surface area contributed by atoms with Crippen molar-refractivity contribution in [1.29, 1.82) is 0 Å². The van der Waals surface area contributed by atoms with Crippen molar-refractivity contribution in [3.05, 3.63) is 0 Å². The van der Waals surface area contributed by atoms with Gasteiger partial charge in [0.15, 0.2) is 0 Å². The topological polar surface area (TPSA) is 57.7 Å². The fourth-order valence-electron chi connectivity index (χ4n) is 4.24. The number of carbonyl (C=O) groups excluding carboxylic acids is 3. The fraction of sp³-hybridized carbons (Fsp3) is 0.824. The third-order valence-corrected chi connectivity index (χ3v) is 8.55. The van der Waals surface area contributed by atoms with E-state index in [4.69, 9.17) is 0 Å². The molecule has 4 atom stereocenters. The molecule has 2 saturated carbocycles. The van der Waals surface area contributed by atoms with E-state index in [0.29, 0.717) is 12.8 Å². The molecule has 7 heteroatoms. The summed E-state index contributed by atoms with van der Waals surface area (Å²) in [6, 6.07) is 0.250. The van der Waals surface area contributed by atoms with Gasteiger partial charge in [-0.15, -0.1) is 0 Å². The zero-order chi connectivity index (χ0) is 17.4. The van der Waals surface area contributed by atoms with Gasteiger partial charge in [-0.2, -0.15) is 0 Å². The quantitative estimate of drug-likeness (QED) is 0.477. The molecule has 3 fully saturated rings. The summed E-state index contributed by atoms with van der Waals surface area (Å²) >= 11 is 7.16. The smallest absolute Gasteiger partial charge is 0.242 e. The monoisotopic (exact) mass is 462 g/mol. The molecule has 0 radical (unpaired) electrons. The predicted octanol–water partition coefficient (Wildman–Crippen LogP) is 2.70. The molecule has 24 heavy (non-hydrogen) atoms. The van der Waals surface area contributed by atoms with Gasteiger partial charge in [0.25, 0.3) is 0 Å². The molecule has 1 aliphatic heterocycles. The van der Waals surface area contributed by atoms with E-state index in [1.807, 2.05) is 0 Å². The molecule has 2 aliphatic carbocycles. The van der Waals surface area contributed by atoms with E-state index in [1.54, 1.807) is 11.9 Å².